The minimum atomic E-state index is -0.410. The normalized spacial score (nSPS) is 12.4. The van der Waals surface area contributed by atoms with Crippen LogP contribution in [0.25, 0.3) is 11.3 Å². The van der Waals surface area contributed by atoms with Crippen molar-refractivity contribution in [2.24, 2.45) is 7.05 Å². The van der Waals surface area contributed by atoms with Crippen molar-refractivity contribution in [2.45, 2.75) is 17.6 Å². The molecule has 0 atom stereocenters. The molecular formula is C20H18FN3OS. The molecule has 4 rings (SSSR count). The van der Waals surface area contributed by atoms with Crippen LogP contribution < -0.4 is 4.90 Å². The number of carbonyl (C=O) groups is 1. The number of aryl methyl sites for hydroxylation is 1. The number of nitrogens with zero attached hydrogens (tertiary/aromatic N) is 3. The van der Waals surface area contributed by atoms with Crippen molar-refractivity contribution < 1.29 is 9.18 Å². The van der Waals surface area contributed by atoms with Crippen molar-refractivity contribution in [1.29, 1.82) is 0 Å². The van der Waals surface area contributed by atoms with Gasteiger partial charge >= 0.3 is 0 Å². The molecule has 2 heterocycles. The smallest absolute Gasteiger partial charge is 0.279 e. The van der Waals surface area contributed by atoms with Crippen LogP contribution in [-0.2, 0) is 12.8 Å². The third-order valence-corrected chi connectivity index (χ3v) is 5.67. The first kappa shape index (κ1) is 16.8. The Morgan fingerprint density at radius 3 is 2.73 bits per heavy atom. The third-order valence-electron chi connectivity index (χ3n) is 4.57. The fourth-order valence-corrected chi connectivity index (χ4v) is 4.44. The van der Waals surface area contributed by atoms with Gasteiger partial charge in [-0.15, -0.1) is 11.8 Å². The minimum absolute atomic E-state index is 0.269. The van der Waals surface area contributed by atoms with E-state index < -0.39 is 5.82 Å². The van der Waals surface area contributed by atoms with E-state index in [-0.39, 0.29) is 11.6 Å². The first-order valence-corrected chi connectivity index (χ1v) is 9.44. The molecule has 2 aromatic carbocycles. The molecule has 1 aliphatic heterocycles. The van der Waals surface area contributed by atoms with Crippen LogP contribution in [-0.4, -0.2) is 22.2 Å². The van der Waals surface area contributed by atoms with Gasteiger partial charge in [-0.05, 0) is 25.1 Å². The Morgan fingerprint density at radius 1 is 1.23 bits per heavy atom. The summed E-state index contributed by atoms with van der Waals surface area (Å²) in [6, 6.07) is 14.5. The van der Waals surface area contributed by atoms with E-state index in [4.69, 9.17) is 0 Å². The van der Waals surface area contributed by atoms with Gasteiger partial charge in [0.05, 0.1) is 11.4 Å². The minimum Gasteiger partial charge on any atom is -0.304 e. The number of hydrogen-bond acceptors (Lipinski definition) is 3. The highest BCUT2D eigenvalue weighted by Crippen LogP contribution is 2.42. The SMILES string of the molecule is CCN(C(=O)c1nn(C)c2c1CSc1ccccc1-2)c1ccccc1F. The van der Waals surface area contributed by atoms with Gasteiger partial charge < -0.3 is 4.90 Å². The number of amides is 1. The summed E-state index contributed by atoms with van der Waals surface area (Å²) in [5, 5.41) is 4.50. The number of aromatic nitrogens is 2. The fraction of sp³-hybridized carbons (Fsp3) is 0.200. The zero-order valence-electron chi connectivity index (χ0n) is 14.6. The molecular weight excluding hydrogens is 349 g/mol. The molecule has 1 amide bonds. The van der Waals surface area contributed by atoms with E-state index in [1.807, 2.05) is 32.2 Å². The van der Waals surface area contributed by atoms with Gasteiger partial charge in [0.2, 0.25) is 0 Å². The van der Waals surface area contributed by atoms with Crippen molar-refractivity contribution in [3.8, 4) is 11.3 Å². The lowest BCUT2D eigenvalue weighted by molar-refractivity contribution is 0.0981. The predicted octanol–water partition coefficient (Wildman–Crippen LogP) is 4.50. The number of fused-ring (bicyclic) bond motifs is 3. The topological polar surface area (TPSA) is 38.1 Å². The van der Waals surface area contributed by atoms with Gasteiger partial charge in [0.1, 0.15) is 5.82 Å². The zero-order chi connectivity index (χ0) is 18.3. The Hall–Kier alpha value is -2.60. The summed E-state index contributed by atoms with van der Waals surface area (Å²) < 4.78 is 16.0. The van der Waals surface area contributed by atoms with E-state index in [0.29, 0.717) is 18.0 Å². The standard InChI is InChI=1S/C20H18FN3OS/c1-3-24(16-10-6-5-9-15(16)21)20(25)18-14-12-26-17-11-7-4-8-13(17)19(14)23(2)22-18/h4-11H,3,12H2,1-2H3. The molecule has 0 fully saturated rings. The maximum Gasteiger partial charge on any atom is 0.279 e. The second-order valence-corrected chi connectivity index (χ2v) is 7.10. The van der Waals surface area contributed by atoms with Crippen LogP contribution in [0.1, 0.15) is 23.0 Å². The first-order chi connectivity index (χ1) is 12.6. The van der Waals surface area contributed by atoms with Crippen molar-refractivity contribution in [3.05, 3.63) is 65.6 Å². The van der Waals surface area contributed by atoms with Crippen LogP contribution in [0.15, 0.2) is 53.4 Å². The van der Waals surface area contributed by atoms with Crippen molar-refractivity contribution in [2.75, 3.05) is 11.4 Å². The first-order valence-electron chi connectivity index (χ1n) is 8.46. The number of para-hydroxylation sites is 1. The Balaban J connectivity index is 1.81. The lowest BCUT2D eigenvalue weighted by Crippen LogP contribution is -2.32. The average Bonchev–Trinajstić information content (AvgIpc) is 3.01. The van der Waals surface area contributed by atoms with E-state index in [1.165, 1.54) is 15.9 Å². The summed E-state index contributed by atoms with van der Waals surface area (Å²) in [6.45, 7) is 2.21. The van der Waals surface area contributed by atoms with E-state index in [9.17, 15) is 9.18 Å². The number of anilines is 1. The molecule has 4 nitrogen and oxygen atoms in total. The molecule has 26 heavy (non-hydrogen) atoms. The molecule has 0 saturated heterocycles. The quantitative estimate of drug-likeness (QED) is 0.684. The Bertz CT molecular complexity index is 998. The van der Waals surface area contributed by atoms with Gasteiger partial charge in [0.25, 0.3) is 5.91 Å². The monoisotopic (exact) mass is 367 g/mol. The van der Waals surface area contributed by atoms with Crippen LogP contribution >= 0.6 is 11.8 Å². The Kier molecular flexibility index (Phi) is 4.28. The van der Waals surface area contributed by atoms with Crippen LogP contribution in [0.2, 0.25) is 0 Å². The van der Waals surface area contributed by atoms with Gasteiger partial charge in [-0.25, -0.2) is 4.39 Å². The van der Waals surface area contributed by atoms with E-state index in [0.717, 1.165) is 16.8 Å². The lowest BCUT2D eigenvalue weighted by Gasteiger charge is -2.22. The largest absolute Gasteiger partial charge is 0.304 e. The number of rotatable bonds is 3. The van der Waals surface area contributed by atoms with E-state index in [2.05, 4.69) is 11.2 Å². The molecule has 0 radical (unpaired) electrons. The highest BCUT2D eigenvalue weighted by Gasteiger charge is 2.30. The summed E-state index contributed by atoms with van der Waals surface area (Å²) in [4.78, 5) is 15.8. The van der Waals surface area contributed by atoms with Crippen molar-refractivity contribution in [1.82, 2.24) is 9.78 Å². The third kappa shape index (κ3) is 2.61. The summed E-state index contributed by atoms with van der Waals surface area (Å²) in [5.74, 6) is -0.00235. The molecule has 0 aliphatic carbocycles. The number of halogens is 1. The molecule has 6 heteroatoms. The Morgan fingerprint density at radius 2 is 1.96 bits per heavy atom. The molecule has 3 aromatic rings. The predicted molar refractivity (Wildman–Crippen MR) is 102 cm³/mol. The van der Waals surface area contributed by atoms with Crippen LogP contribution in [0.3, 0.4) is 0 Å². The lowest BCUT2D eigenvalue weighted by atomic mass is 10.1. The van der Waals surface area contributed by atoms with Gasteiger partial charge in [-0.3, -0.25) is 9.48 Å². The fourth-order valence-electron chi connectivity index (χ4n) is 3.37. The van der Waals surface area contributed by atoms with Gasteiger partial charge in [-0.1, -0.05) is 30.3 Å². The molecule has 0 bridgehead atoms. The molecule has 0 spiro atoms. The maximum absolute atomic E-state index is 14.2. The van der Waals surface area contributed by atoms with E-state index >= 15 is 0 Å². The average molecular weight is 367 g/mol. The summed E-state index contributed by atoms with van der Waals surface area (Å²) in [7, 11) is 1.85. The molecule has 1 aromatic heterocycles. The maximum atomic E-state index is 14.2. The second kappa shape index (κ2) is 6.61. The van der Waals surface area contributed by atoms with E-state index in [1.54, 1.807) is 34.6 Å². The Labute approximate surface area is 155 Å². The molecule has 1 aliphatic rings. The van der Waals surface area contributed by atoms with Gasteiger partial charge in [0, 0.05) is 35.4 Å². The highest BCUT2D eigenvalue weighted by atomic mass is 32.2. The number of thioether (sulfide) groups is 1. The molecule has 132 valence electrons. The molecule has 0 saturated carbocycles. The number of hydrogen-bond donors (Lipinski definition) is 0. The number of benzene rings is 2. The number of carbonyl (C=O) groups excluding carboxylic acids is 1. The summed E-state index contributed by atoms with van der Waals surface area (Å²) in [6.07, 6.45) is 0. The molecule has 0 unspecified atom stereocenters. The van der Waals surface area contributed by atoms with Gasteiger partial charge in [0.15, 0.2) is 5.69 Å². The van der Waals surface area contributed by atoms with Crippen LogP contribution in [0.4, 0.5) is 10.1 Å². The van der Waals surface area contributed by atoms with Gasteiger partial charge in [-0.2, -0.15) is 5.10 Å². The van der Waals surface area contributed by atoms with Crippen LogP contribution in [0.5, 0.6) is 0 Å². The van der Waals surface area contributed by atoms with Crippen molar-refractivity contribution >= 4 is 23.4 Å². The highest BCUT2D eigenvalue weighted by molar-refractivity contribution is 7.98. The zero-order valence-corrected chi connectivity index (χ0v) is 15.4. The summed E-state index contributed by atoms with van der Waals surface area (Å²) >= 11 is 1.70. The molecule has 0 N–H and O–H groups in total. The second-order valence-electron chi connectivity index (χ2n) is 6.09. The van der Waals surface area contributed by atoms with Crippen LogP contribution in [0, 0.1) is 5.82 Å². The summed E-state index contributed by atoms with van der Waals surface area (Å²) in [5.41, 5.74) is 3.64. The van der Waals surface area contributed by atoms with Crippen molar-refractivity contribution in [3.63, 3.8) is 0 Å².